The number of rotatable bonds is 7. The van der Waals surface area contributed by atoms with Gasteiger partial charge in [0.1, 0.15) is 12.6 Å². The van der Waals surface area contributed by atoms with E-state index in [1.54, 1.807) is 18.7 Å². The van der Waals surface area contributed by atoms with Gasteiger partial charge in [-0.1, -0.05) is 60.7 Å². The molecule has 1 aliphatic rings. The van der Waals surface area contributed by atoms with Gasteiger partial charge in [-0.05, 0) is 25.0 Å². The lowest BCUT2D eigenvalue weighted by Crippen LogP contribution is -2.58. The molecule has 0 aromatic heterocycles. The molecule has 0 radical (unpaired) electrons. The minimum Gasteiger partial charge on any atom is -0.445 e. The van der Waals surface area contributed by atoms with Crippen LogP contribution in [0.4, 0.5) is 4.79 Å². The molecule has 1 atom stereocenters. The van der Waals surface area contributed by atoms with E-state index >= 15 is 0 Å². The van der Waals surface area contributed by atoms with Crippen LogP contribution in [0.3, 0.4) is 0 Å². The fourth-order valence-corrected chi connectivity index (χ4v) is 3.77. The molecular formula is C26H32N4O5. The Balaban J connectivity index is 1.60. The number of piperazine rings is 1. The molecule has 2 aromatic rings. The largest absolute Gasteiger partial charge is 0.445 e. The molecule has 9 nitrogen and oxygen atoms in total. The van der Waals surface area contributed by atoms with Crippen molar-refractivity contribution in [2.24, 2.45) is 0 Å². The highest BCUT2D eigenvalue weighted by Crippen LogP contribution is 2.10. The molecule has 3 rings (SSSR count). The van der Waals surface area contributed by atoms with Crippen LogP contribution >= 0.6 is 0 Å². The third-order valence-electron chi connectivity index (χ3n) is 5.58. The van der Waals surface area contributed by atoms with Gasteiger partial charge in [0.2, 0.25) is 5.91 Å². The lowest BCUT2D eigenvalue weighted by atomic mass is 10.0. The summed E-state index contributed by atoms with van der Waals surface area (Å²) in [6.45, 7) is 4.69. The van der Waals surface area contributed by atoms with Crippen LogP contribution in [0.5, 0.6) is 0 Å². The summed E-state index contributed by atoms with van der Waals surface area (Å²) >= 11 is 0. The summed E-state index contributed by atoms with van der Waals surface area (Å²) in [7, 11) is 0. The van der Waals surface area contributed by atoms with E-state index in [-0.39, 0.29) is 44.7 Å². The predicted molar refractivity (Wildman–Crippen MR) is 130 cm³/mol. The maximum absolute atomic E-state index is 13.3. The van der Waals surface area contributed by atoms with Crippen LogP contribution in [-0.4, -0.2) is 71.9 Å². The van der Waals surface area contributed by atoms with Gasteiger partial charge >= 0.3 is 17.9 Å². The van der Waals surface area contributed by atoms with Gasteiger partial charge in [-0.25, -0.2) is 4.79 Å². The first-order valence-electron chi connectivity index (χ1n) is 11.7. The SMILES string of the molecule is CC(C)NC(=O)C(=O)N1CCN(C(=O)[C@H](Cc2ccccc2)NC(=O)OCc2ccccc2)CC1. The molecule has 0 unspecified atom stereocenters. The third-order valence-corrected chi connectivity index (χ3v) is 5.58. The van der Waals surface area contributed by atoms with E-state index in [4.69, 9.17) is 4.74 Å². The Kier molecular flexibility index (Phi) is 9.23. The van der Waals surface area contributed by atoms with Crippen LogP contribution in [0, 0.1) is 0 Å². The molecule has 0 spiro atoms. The number of alkyl carbamates (subject to hydrolysis) is 1. The molecule has 1 heterocycles. The van der Waals surface area contributed by atoms with Gasteiger partial charge < -0.3 is 25.2 Å². The Bertz CT molecular complexity index is 1000. The molecule has 0 saturated carbocycles. The van der Waals surface area contributed by atoms with Crippen molar-refractivity contribution < 1.29 is 23.9 Å². The molecule has 9 heteroatoms. The summed E-state index contributed by atoms with van der Waals surface area (Å²) in [5, 5.41) is 5.30. The van der Waals surface area contributed by atoms with E-state index in [1.807, 2.05) is 60.7 Å². The number of hydrogen-bond acceptors (Lipinski definition) is 5. The van der Waals surface area contributed by atoms with E-state index in [9.17, 15) is 19.2 Å². The number of benzene rings is 2. The topological polar surface area (TPSA) is 108 Å². The highest BCUT2D eigenvalue weighted by Gasteiger charge is 2.32. The first kappa shape index (κ1) is 25.7. The molecule has 186 valence electrons. The highest BCUT2D eigenvalue weighted by molar-refractivity contribution is 6.35. The molecular weight excluding hydrogens is 448 g/mol. The minimum absolute atomic E-state index is 0.0954. The quantitative estimate of drug-likeness (QED) is 0.587. The monoisotopic (exact) mass is 480 g/mol. The fraction of sp³-hybridized carbons (Fsp3) is 0.385. The van der Waals surface area contributed by atoms with Crippen LogP contribution in [-0.2, 0) is 32.1 Å². The number of nitrogens with one attached hydrogen (secondary N) is 2. The molecule has 4 amide bonds. The molecule has 0 bridgehead atoms. The van der Waals surface area contributed by atoms with Gasteiger partial charge in [0.15, 0.2) is 0 Å². The lowest BCUT2D eigenvalue weighted by Gasteiger charge is -2.36. The summed E-state index contributed by atoms with van der Waals surface area (Å²) in [4.78, 5) is 53.3. The van der Waals surface area contributed by atoms with E-state index in [0.29, 0.717) is 6.42 Å². The van der Waals surface area contributed by atoms with Gasteiger partial charge in [-0.2, -0.15) is 0 Å². The van der Waals surface area contributed by atoms with Gasteiger partial charge in [-0.3, -0.25) is 14.4 Å². The second kappa shape index (κ2) is 12.5. The number of ether oxygens (including phenoxy) is 1. The number of carbonyl (C=O) groups excluding carboxylic acids is 4. The maximum atomic E-state index is 13.3. The van der Waals surface area contributed by atoms with Crippen molar-refractivity contribution in [3.63, 3.8) is 0 Å². The van der Waals surface area contributed by atoms with Crippen molar-refractivity contribution in [1.82, 2.24) is 20.4 Å². The Morgan fingerprint density at radius 1 is 0.800 bits per heavy atom. The van der Waals surface area contributed by atoms with Gasteiger partial charge in [0, 0.05) is 38.6 Å². The molecule has 1 fully saturated rings. The zero-order chi connectivity index (χ0) is 25.2. The summed E-state index contributed by atoms with van der Waals surface area (Å²) in [6, 6.07) is 17.7. The number of amides is 4. The zero-order valence-corrected chi connectivity index (χ0v) is 20.1. The number of nitrogens with zero attached hydrogens (tertiary/aromatic N) is 2. The second-order valence-corrected chi connectivity index (χ2v) is 8.69. The van der Waals surface area contributed by atoms with Crippen LogP contribution in [0.15, 0.2) is 60.7 Å². The van der Waals surface area contributed by atoms with Crippen molar-refractivity contribution in [1.29, 1.82) is 0 Å². The van der Waals surface area contributed by atoms with Gasteiger partial charge in [0.25, 0.3) is 0 Å². The standard InChI is InChI=1S/C26H32N4O5/c1-19(2)27-23(31)25(33)30-15-13-29(14-16-30)24(32)22(17-20-9-5-3-6-10-20)28-26(34)35-18-21-11-7-4-8-12-21/h3-12,19,22H,13-18H2,1-2H3,(H,27,31)(H,28,34)/t22-/m0/s1. The van der Waals surface area contributed by atoms with Crippen molar-refractivity contribution >= 4 is 23.8 Å². The molecule has 2 aromatic carbocycles. The van der Waals surface area contributed by atoms with Gasteiger partial charge in [-0.15, -0.1) is 0 Å². The average molecular weight is 481 g/mol. The molecule has 35 heavy (non-hydrogen) atoms. The van der Waals surface area contributed by atoms with Crippen molar-refractivity contribution in [2.45, 2.75) is 39.0 Å². The van der Waals surface area contributed by atoms with Crippen LogP contribution in [0.25, 0.3) is 0 Å². The smallest absolute Gasteiger partial charge is 0.408 e. The normalized spacial score (nSPS) is 14.3. The predicted octanol–water partition coefficient (Wildman–Crippen LogP) is 1.72. The summed E-state index contributed by atoms with van der Waals surface area (Å²) in [5.74, 6) is -1.51. The average Bonchev–Trinajstić information content (AvgIpc) is 2.87. The Morgan fingerprint density at radius 2 is 1.34 bits per heavy atom. The van der Waals surface area contributed by atoms with Crippen LogP contribution < -0.4 is 10.6 Å². The van der Waals surface area contributed by atoms with Crippen LogP contribution in [0.1, 0.15) is 25.0 Å². The van der Waals surface area contributed by atoms with E-state index in [1.165, 1.54) is 4.90 Å². The van der Waals surface area contributed by atoms with Crippen LogP contribution in [0.2, 0.25) is 0 Å². The number of hydrogen-bond donors (Lipinski definition) is 2. The van der Waals surface area contributed by atoms with E-state index in [2.05, 4.69) is 10.6 Å². The lowest BCUT2D eigenvalue weighted by molar-refractivity contribution is -0.148. The molecule has 2 N–H and O–H groups in total. The summed E-state index contributed by atoms with van der Waals surface area (Å²) in [6.07, 6.45) is -0.377. The Labute approximate surface area is 205 Å². The Morgan fingerprint density at radius 3 is 1.91 bits per heavy atom. The molecule has 0 aliphatic carbocycles. The first-order chi connectivity index (χ1) is 16.8. The highest BCUT2D eigenvalue weighted by atomic mass is 16.5. The van der Waals surface area contributed by atoms with Crippen molar-refractivity contribution in [2.75, 3.05) is 26.2 Å². The zero-order valence-electron chi connectivity index (χ0n) is 20.1. The Hall–Kier alpha value is -3.88. The first-order valence-corrected chi connectivity index (χ1v) is 11.7. The van der Waals surface area contributed by atoms with Crippen molar-refractivity contribution in [3.05, 3.63) is 71.8 Å². The number of carbonyl (C=O) groups is 4. The maximum Gasteiger partial charge on any atom is 0.408 e. The van der Waals surface area contributed by atoms with Gasteiger partial charge in [0.05, 0.1) is 0 Å². The minimum atomic E-state index is -0.827. The summed E-state index contributed by atoms with van der Waals surface area (Å²) < 4.78 is 5.32. The fourth-order valence-electron chi connectivity index (χ4n) is 3.77. The molecule has 1 aliphatic heterocycles. The third kappa shape index (κ3) is 7.84. The second-order valence-electron chi connectivity index (χ2n) is 8.69. The summed E-state index contributed by atoms with van der Waals surface area (Å²) in [5.41, 5.74) is 1.74. The van der Waals surface area contributed by atoms with E-state index < -0.39 is 23.9 Å². The molecule has 1 saturated heterocycles. The van der Waals surface area contributed by atoms with E-state index in [0.717, 1.165) is 11.1 Å². The van der Waals surface area contributed by atoms with Crippen molar-refractivity contribution in [3.8, 4) is 0 Å².